The van der Waals surface area contributed by atoms with E-state index in [0.29, 0.717) is 11.7 Å². The molecular weight excluding hydrogens is 364 g/mol. The van der Waals surface area contributed by atoms with Crippen LogP contribution in [-0.2, 0) is 9.68 Å². The van der Waals surface area contributed by atoms with Crippen LogP contribution in [0.2, 0.25) is 0 Å². The number of rotatable bonds is 7. The molecule has 1 unspecified atom stereocenters. The summed E-state index contributed by atoms with van der Waals surface area (Å²) in [6.45, 7) is 4.04. The molecule has 0 aliphatic heterocycles. The van der Waals surface area contributed by atoms with Gasteiger partial charge in [0.1, 0.15) is 11.9 Å². The minimum atomic E-state index is -0.405. The second kappa shape index (κ2) is 10.4. The van der Waals surface area contributed by atoms with Crippen molar-refractivity contribution in [2.24, 2.45) is 5.92 Å². The topological polar surface area (TPSA) is 55.8 Å². The molecular formula is C25H30O4. The van der Waals surface area contributed by atoms with Crippen LogP contribution in [0.4, 0.5) is 0 Å². The van der Waals surface area contributed by atoms with Crippen molar-refractivity contribution < 1.29 is 19.7 Å². The Balaban J connectivity index is 1.52. The fourth-order valence-electron chi connectivity index (χ4n) is 3.97. The molecule has 2 aromatic rings. The second-order valence-corrected chi connectivity index (χ2v) is 7.86. The zero-order valence-corrected chi connectivity index (χ0v) is 17.2. The molecule has 0 bridgehead atoms. The van der Waals surface area contributed by atoms with E-state index in [-0.39, 0.29) is 6.10 Å². The Hall–Kier alpha value is -2.43. The lowest BCUT2D eigenvalue weighted by Gasteiger charge is -2.28. The molecule has 4 heteroatoms. The van der Waals surface area contributed by atoms with Crippen molar-refractivity contribution in [3.8, 4) is 5.75 Å². The van der Waals surface area contributed by atoms with Gasteiger partial charge >= 0.3 is 5.97 Å². The van der Waals surface area contributed by atoms with Gasteiger partial charge in [0.2, 0.25) is 0 Å². The van der Waals surface area contributed by atoms with Gasteiger partial charge in [-0.05, 0) is 79.3 Å². The first-order chi connectivity index (χ1) is 14.1. The van der Waals surface area contributed by atoms with E-state index < -0.39 is 5.97 Å². The molecule has 0 heterocycles. The third kappa shape index (κ3) is 6.02. The molecule has 1 aliphatic carbocycles. The first kappa shape index (κ1) is 21.3. The molecule has 0 aromatic heterocycles. The summed E-state index contributed by atoms with van der Waals surface area (Å²) >= 11 is 0. The molecule has 1 fully saturated rings. The Kier molecular flexibility index (Phi) is 7.62. The van der Waals surface area contributed by atoms with Crippen LogP contribution in [0.5, 0.6) is 5.75 Å². The van der Waals surface area contributed by atoms with Gasteiger partial charge in [-0.25, -0.2) is 9.68 Å². The van der Waals surface area contributed by atoms with Crippen LogP contribution in [0, 0.1) is 5.92 Å². The summed E-state index contributed by atoms with van der Waals surface area (Å²) in [5.41, 5.74) is 3.07. The number of hydrogen-bond donors (Lipinski definition) is 1. The molecule has 3 rings (SSSR count). The Morgan fingerprint density at radius 1 is 1.07 bits per heavy atom. The predicted molar refractivity (Wildman–Crippen MR) is 115 cm³/mol. The van der Waals surface area contributed by atoms with Crippen LogP contribution in [0.3, 0.4) is 0 Å². The number of hydrogen-bond acceptors (Lipinski definition) is 4. The van der Waals surface area contributed by atoms with Crippen molar-refractivity contribution in [3.63, 3.8) is 0 Å². The summed E-state index contributed by atoms with van der Waals surface area (Å²) in [5, 5.41) is 8.71. The molecule has 2 aromatic carbocycles. The highest BCUT2D eigenvalue weighted by Crippen LogP contribution is 2.37. The van der Waals surface area contributed by atoms with Crippen LogP contribution in [0.25, 0.3) is 6.08 Å². The summed E-state index contributed by atoms with van der Waals surface area (Å²) in [7, 11) is 0. The van der Waals surface area contributed by atoms with Gasteiger partial charge in [-0.15, -0.1) is 0 Å². The van der Waals surface area contributed by atoms with Crippen LogP contribution in [-0.4, -0.2) is 11.2 Å². The molecule has 0 radical (unpaired) electrons. The van der Waals surface area contributed by atoms with Crippen molar-refractivity contribution >= 4 is 12.0 Å². The number of carbonyl (C=O) groups excluding carboxylic acids is 1. The molecule has 0 spiro atoms. The van der Waals surface area contributed by atoms with Gasteiger partial charge in [0.15, 0.2) is 0 Å². The summed E-state index contributed by atoms with van der Waals surface area (Å²) in [6.07, 6.45) is 9.16. The van der Waals surface area contributed by atoms with Gasteiger partial charge in [0.25, 0.3) is 0 Å². The quantitative estimate of drug-likeness (QED) is 0.190. The van der Waals surface area contributed by atoms with Crippen molar-refractivity contribution in [2.75, 3.05) is 0 Å². The molecule has 154 valence electrons. The maximum atomic E-state index is 12.1. The summed E-state index contributed by atoms with van der Waals surface area (Å²) in [4.78, 5) is 16.4. The molecule has 4 nitrogen and oxygen atoms in total. The van der Waals surface area contributed by atoms with Gasteiger partial charge in [0.05, 0.1) is 0 Å². The Morgan fingerprint density at radius 3 is 2.31 bits per heavy atom. The molecule has 29 heavy (non-hydrogen) atoms. The zero-order valence-electron chi connectivity index (χ0n) is 17.2. The largest absolute Gasteiger partial charge is 0.423 e. The minimum absolute atomic E-state index is 0.386. The van der Waals surface area contributed by atoms with Gasteiger partial charge in [-0.1, -0.05) is 49.7 Å². The lowest BCUT2D eigenvalue weighted by molar-refractivity contribution is -0.277. The molecule has 1 N–H and O–H groups in total. The average molecular weight is 395 g/mol. The second-order valence-electron chi connectivity index (χ2n) is 7.86. The van der Waals surface area contributed by atoms with E-state index in [4.69, 9.17) is 9.99 Å². The van der Waals surface area contributed by atoms with E-state index in [0.717, 1.165) is 17.0 Å². The van der Waals surface area contributed by atoms with E-state index in [9.17, 15) is 4.79 Å². The third-order valence-electron chi connectivity index (χ3n) is 5.97. The predicted octanol–water partition coefficient (Wildman–Crippen LogP) is 6.54. The third-order valence-corrected chi connectivity index (χ3v) is 5.97. The molecule has 1 saturated carbocycles. The normalized spacial score (nSPS) is 20.5. The number of carbonyl (C=O) groups is 1. The number of esters is 1. The van der Waals surface area contributed by atoms with Crippen molar-refractivity contribution in [1.29, 1.82) is 0 Å². The first-order valence-electron chi connectivity index (χ1n) is 10.5. The van der Waals surface area contributed by atoms with E-state index in [1.807, 2.05) is 36.4 Å². The van der Waals surface area contributed by atoms with E-state index in [1.165, 1.54) is 43.7 Å². The summed E-state index contributed by atoms with van der Waals surface area (Å²) in [5.74, 6) is 1.68. The lowest BCUT2D eigenvalue weighted by atomic mass is 9.78. The maximum absolute atomic E-state index is 12.1. The molecule has 1 aliphatic rings. The van der Waals surface area contributed by atoms with Crippen LogP contribution >= 0.6 is 0 Å². The van der Waals surface area contributed by atoms with Gasteiger partial charge in [-0.2, -0.15) is 0 Å². The maximum Gasteiger partial charge on any atom is 0.336 e. The van der Waals surface area contributed by atoms with Crippen molar-refractivity contribution in [3.05, 3.63) is 71.3 Å². The van der Waals surface area contributed by atoms with Crippen LogP contribution in [0.1, 0.15) is 74.7 Å². The highest BCUT2D eigenvalue weighted by molar-refractivity contribution is 5.88. The van der Waals surface area contributed by atoms with E-state index in [2.05, 4.69) is 23.9 Å². The van der Waals surface area contributed by atoms with Crippen LogP contribution in [0.15, 0.2) is 54.6 Å². The van der Waals surface area contributed by atoms with Crippen molar-refractivity contribution in [1.82, 2.24) is 0 Å². The fourth-order valence-corrected chi connectivity index (χ4v) is 3.97. The first-order valence-corrected chi connectivity index (χ1v) is 10.5. The summed E-state index contributed by atoms with van der Waals surface area (Å²) < 4.78 is 5.41. The van der Waals surface area contributed by atoms with Crippen LogP contribution < -0.4 is 4.74 Å². The highest BCUT2D eigenvalue weighted by Gasteiger charge is 2.21. The Morgan fingerprint density at radius 2 is 1.72 bits per heavy atom. The van der Waals surface area contributed by atoms with Crippen molar-refractivity contribution in [2.45, 2.75) is 58.0 Å². The molecule has 0 saturated heterocycles. The zero-order chi connectivity index (χ0) is 20.6. The monoisotopic (exact) mass is 394 g/mol. The highest BCUT2D eigenvalue weighted by atomic mass is 17.1. The van der Waals surface area contributed by atoms with Gasteiger partial charge in [-0.3, -0.25) is 5.26 Å². The van der Waals surface area contributed by atoms with Gasteiger partial charge in [0, 0.05) is 6.08 Å². The lowest BCUT2D eigenvalue weighted by Crippen LogP contribution is -2.12. The Bertz CT molecular complexity index is 800. The minimum Gasteiger partial charge on any atom is -0.423 e. The summed E-state index contributed by atoms with van der Waals surface area (Å²) in [6, 6.07) is 15.4. The number of ether oxygens (including phenoxy) is 1. The standard InChI is InChI=1S/C25H30O4/c1-3-19-4-11-22(12-5-19)23-13-15-24(16-14-23)28-25(26)17-8-20-6-9-21(10-7-20)18(2)29-27/h6-10,13-19,22,27H,3-5,11-12H2,1-2H3/b17-8+. The Labute approximate surface area is 173 Å². The molecule has 1 atom stereocenters. The fraction of sp³-hybridized carbons (Fsp3) is 0.400. The van der Waals surface area contributed by atoms with E-state index >= 15 is 0 Å². The molecule has 0 amide bonds. The van der Waals surface area contributed by atoms with E-state index in [1.54, 1.807) is 13.0 Å². The average Bonchev–Trinajstić information content (AvgIpc) is 2.78. The smallest absolute Gasteiger partial charge is 0.336 e. The van der Waals surface area contributed by atoms with Gasteiger partial charge < -0.3 is 4.74 Å². The SMILES string of the molecule is CCC1CCC(c2ccc(OC(=O)/C=C/c3ccc(C(C)OO)cc3)cc2)CC1. The number of benzene rings is 2.